The summed E-state index contributed by atoms with van der Waals surface area (Å²) >= 11 is 0. The Labute approximate surface area is 121 Å². The Kier molecular flexibility index (Phi) is 6.68. The molecule has 1 amide bonds. The average Bonchev–Trinajstić information content (AvgIpc) is 2.85. The Morgan fingerprint density at radius 3 is 2.50 bits per heavy atom. The molecule has 0 radical (unpaired) electrons. The van der Waals surface area contributed by atoms with Gasteiger partial charge in [0.05, 0.1) is 6.54 Å². The van der Waals surface area contributed by atoms with Crippen LogP contribution < -0.4 is 5.32 Å². The van der Waals surface area contributed by atoms with Crippen molar-refractivity contribution in [3.05, 3.63) is 11.7 Å². The fourth-order valence-electron chi connectivity index (χ4n) is 1.78. The molecule has 0 fully saturated rings. The number of aromatic nitrogens is 2. The summed E-state index contributed by atoms with van der Waals surface area (Å²) in [6, 6.07) is 0. The smallest absolute Gasteiger partial charge is 0.246 e. The van der Waals surface area contributed by atoms with E-state index in [0.717, 1.165) is 12.8 Å². The molecular formula is C15H27N3O2. The largest absolute Gasteiger partial charge is 0.347 e. The zero-order chi connectivity index (χ0) is 15.0. The second-order valence-electron chi connectivity index (χ2n) is 6.20. The number of rotatable bonds is 8. The van der Waals surface area contributed by atoms with Gasteiger partial charge in [-0.05, 0) is 6.42 Å². The number of hydrogen-bond donors (Lipinski definition) is 1. The quantitative estimate of drug-likeness (QED) is 0.742. The van der Waals surface area contributed by atoms with Gasteiger partial charge in [-0.25, -0.2) is 0 Å². The first-order valence-electron chi connectivity index (χ1n) is 7.53. The van der Waals surface area contributed by atoms with Crippen molar-refractivity contribution in [1.82, 2.24) is 15.5 Å². The minimum absolute atomic E-state index is 0.0528. The molecule has 1 aromatic rings. The fourth-order valence-corrected chi connectivity index (χ4v) is 1.78. The number of nitrogens with zero attached hydrogens (tertiary/aromatic N) is 2. The Balaban J connectivity index is 2.22. The minimum atomic E-state index is -0.134. The molecule has 0 spiro atoms. The van der Waals surface area contributed by atoms with Crippen molar-refractivity contribution < 1.29 is 9.32 Å². The molecule has 114 valence electrons. The molecule has 1 rings (SSSR count). The zero-order valence-corrected chi connectivity index (χ0v) is 13.2. The maximum atomic E-state index is 11.7. The lowest BCUT2D eigenvalue weighted by molar-refractivity contribution is -0.121. The van der Waals surface area contributed by atoms with E-state index >= 15 is 0 Å². The van der Waals surface area contributed by atoms with Crippen LogP contribution in [0.4, 0.5) is 0 Å². The molecule has 0 unspecified atom stereocenters. The van der Waals surface area contributed by atoms with Crippen LogP contribution in [0.5, 0.6) is 0 Å². The van der Waals surface area contributed by atoms with E-state index in [9.17, 15) is 4.79 Å². The lowest BCUT2D eigenvalue weighted by Gasteiger charge is -2.10. The van der Waals surface area contributed by atoms with Gasteiger partial charge in [0.1, 0.15) is 0 Å². The van der Waals surface area contributed by atoms with E-state index in [2.05, 4.69) is 22.4 Å². The van der Waals surface area contributed by atoms with Crippen molar-refractivity contribution in [2.24, 2.45) is 0 Å². The first-order valence-corrected chi connectivity index (χ1v) is 7.53. The molecule has 5 nitrogen and oxygen atoms in total. The highest BCUT2D eigenvalue weighted by molar-refractivity contribution is 5.75. The van der Waals surface area contributed by atoms with E-state index in [1.807, 2.05) is 20.8 Å². The molecule has 1 N–H and O–H groups in total. The summed E-state index contributed by atoms with van der Waals surface area (Å²) in [7, 11) is 0. The van der Waals surface area contributed by atoms with Crippen LogP contribution in [0.3, 0.4) is 0 Å². The fraction of sp³-hybridized carbons (Fsp3) is 0.800. The third-order valence-electron chi connectivity index (χ3n) is 3.08. The van der Waals surface area contributed by atoms with E-state index in [-0.39, 0.29) is 11.3 Å². The number of carbonyl (C=O) groups is 1. The first-order chi connectivity index (χ1) is 9.43. The van der Waals surface area contributed by atoms with Crippen LogP contribution in [0.1, 0.15) is 77.9 Å². The van der Waals surface area contributed by atoms with Crippen molar-refractivity contribution >= 4 is 5.91 Å². The SMILES string of the molecule is CCCCCCCC(=O)NCc1nc(C(C)(C)C)no1. The van der Waals surface area contributed by atoms with Gasteiger partial charge >= 0.3 is 0 Å². The molecule has 0 aliphatic rings. The molecule has 20 heavy (non-hydrogen) atoms. The standard InChI is InChI=1S/C15H27N3O2/c1-5-6-7-8-9-10-12(19)16-11-13-17-14(18-20-13)15(2,3)4/h5-11H2,1-4H3,(H,16,19). The Hall–Kier alpha value is -1.39. The number of hydrogen-bond acceptors (Lipinski definition) is 4. The highest BCUT2D eigenvalue weighted by atomic mass is 16.5. The van der Waals surface area contributed by atoms with E-state index in [1.165, 1.54) is 19.3 Å². The van der Waals surface area contributed by atoms with Crippen molar-refractivity contribution in [1.29, 1.82) is 0 Å². The van der Waals surface area contributed by atoms with Crippen LogP contribution in [0.15, 0.2) is 4.52 Å². The van der Waals surface area contributed by atoms with Gasteiger partial charge in [0.25, 0.3) is 0 Å². The van der Waals surface area contributed by atoms with Crippen molar-refractivity contribution in [2.45, 2.75) is 78.2 Å². The van der Waals surface area contributed by atoms with Gasteiger partial charge in [-0.2, -0.15) is 4.98 Å². The first kappa shape index (κ1) is 16.7. The second-order valence-corrected chi connectivity index (χ2v) is 6.20. The van der Waals surface area contributed by atoms with Crippen LogP contribution in [-0.4, -0.2) is 16.0 Å². The summed E-state index contributed by atoms with van der Waals surface area (Å²) in [5.41, 5.74) is -0.134. The predicted molar refractivity (Wildman–Crippen MR) is 78.2 cm³/mol. The van der Waals surface area contributed by atoms with Crippen molar-refractivity contribution in [3.8, 4) is 0 Å². The van der Waals surface area contributed by atoms with Crippen LogP contribution in [0, 0.1) is 0 Å². The molecule has 1 heterocycles. The molecule has 0 aromatic carbocycles. The lowest BCUT2D eigenvalue weighted by Crippen LogP contribution is -2.22. The molecule has 0 saturated heterocycles. The number of unbranched alkanes of at least 4 members (excludes halogenated alkanes) is 4. The van der Waals surface area contributed by atoms with Crippen LogP contribution >= 0.6 is 0 Å². The topological polar surface area (TPSA) is 68.0 Å². The van der Waals surface area contributed by atoms with Gasteiger partial charge in [0.2, 0.25) is 11.8 Å². The summed E-state index contributed by atoms with van der Waals surface area (Å²) in [5.74, 6) is 1.19. The summed E-state index contributed by atoms with van der Waals surface area (Å²) in [4.78, 5) is 15.9. The molecule has 0 atom stereocenters. The summed E-state index contributed by atoms with van der Waals surface area (Å²) < 4.78 is 5.12. The molecule has 1 aromatic heterocycles. The van der Waals surface area contributed by atoms with Crippen LogP contribution in [0.25, 0.3) is 0 Å². The third-order valence-corrected chi connectivity index (χ3v) is 3.08. The molecular weight excluding hydrogens is 254 g/mol. The van der Waals surface area contributed by atoms with Crippen molar-refractivity contribution in [3.63, 3.8) is 0 Å². The zero-order valence-electron chi connectivity index (χ0n) is 13.2. The third kappa shape index (κ3) is 6.17. The van der Waals surface area contributed by atoms with Gasteiger partial charge in [0, 0.05) is 11.8 Å². The van der Waals surface area contributed by atoms with Crippen molar-refractivity contribution in [2.75, 3.05) is 0 Å². The minimum Gasteiger partial charge on any atom is -0.347 e. The van der Waals surface area contributed by atoms with E-state index in [4.69, 9.17) is 4.52 Å². The summed E-state index contributed by atoms with van der Waals surface area (Å²) in [6.45, 7) is 8.57. The number of amides is 1. The highest BCUT2D eigenvalue weighted by Crippen LogP contribution is 2.18. The van der Waals surface area contributed by atoms with E-state index in [1.54, 1.807) is 0 Å². The van der Waals surface area contributed by atoms with Crippen LogP contribution in [0.2, 0.25) is 0 Å². The maximum Gasteiger partial charge on any atom is 0.246 e. The van der Waals surface area contributed by atoms with Gasteiger partial charge in [-0.1, -0.05) is 58.5 Å². The van der Waals surface area contributed by atoms with Crippen LogP contribution in [-0.2, 0) is 16.8 Å². The molecule has 5 heteroatoms. The van der Waals surface area contributed by atoms with Gasteiger partial charge in [-0.3, -0.25) is 4.79 Å². The monoisotopic (exact) mass is 281 g/mol. The number of nitrogens with one attached hydrogen (secondary N) is 1. The van der Waals surface area contributed by atoms with E-state index < -0.39 is 0 Å². The molecule has 0 aliphatic carbocycles. The maximum absolute atomic E-state index is 11.7. The highest BCUT2D eigenvalue weighted by Gasteiger charge is 2.20. The van der Waals surface area contributed by atoms with Gasteiger partial charge in [0.15, 0.2) is 5.82 Å². The average molecular weight is 281 g/mol. The van der Waals surface area contributed by atoms with E-state index in [0.29, 0.717) is 24.7 Å². The van der Waals surface area contributed by atoms with Gasteiger partial charge < -0.3 is 9.84 Å². The predicted octanol–water partition coefficient (Wildman–Crippen LogP) is 3.34. The second kappa shape index (κ2) is 8.02. The molecule has 0 saturated carbocycles. The molecule has 0 bridgehead atoms. The van der Waals surface area contributed by atoms with Gasteiger partial charge in [-0.15, -0.1) is 0 Å². The lowest BCUT2D eigenvalue weighted by atomic mass is 9.96. The molecule has 0 aliphatic heterocycles. The Morgan fingerprint density at radius 2 is 1.90 bits per heavy atom. The summed E-state index contributed by atoms with van der Waals surface area (Å²) in [6.07, 6.45) is 6.32. The summed E-state index contributed by atoms with van der Waals surface area (Å²) in [5, 5.41) is 6.74. The Bertz CT molecular complexity index is 407. The Morgan fingerprint density at radius 1 is 1.20 bits per heavy atom. The number of carbonyl (C=O) groups excluding carboxylic acids is 1. The normalized spacial score (nSPS) is 11.6.